The van der Waals surface area contributed by atoms with Crippen molar-refractivity contribution in [3.63, 3.8) is 0 Å². The van der Waals surface area contributed by atoms with Gasteiger partial charge in [0.1, 0.15) is 5.82 Å². The standard InChI is InChI=1S/C16H18FNOS/c17-15-9-3-1-6-13(15)12-18-16(19)10-4-2-7-14-8-5-11-20-14/h1,3,5-6,8-9,11H,2,4,7,10,12H2,(H,18,19). The Morgan fingerprint density at radius 3 is 2.75 bits per heavy atom. The van der Waals surface area contributed by atoms with Crippen LogP contribution in [0.25, 0.3) is 0 Å². The molecular weight excluding hydrogens is 273 g/mol. The molecule has 4 heteroatoms. The summed E-state index contributed by atoms with van der Waals surface area (Å²) in [5.74, 6) is -0.287. The van der Waals surface area contributed by atoms with Crippen LogP contribution in [-0.2, 0) is 17.8 Å². The molecule has 0 unspecified atom stereocenters. The molecule has 0 saturated carbocycles. The number of carbonyl (C=O) groups excluding carboxylic acids is 1. The van der Waals surface area contributed by atoms with E-state index in [-0.39, 0.29) is 18.3 Å². The summed E-state index contributed by atoms with van der Waals surface area (Å²) in [6.45, 7) is 0.260. The zero-order chi connectivity index (χ0) is 14.2. The van der Waals surface area contributed by atoms with E-state index < -0.39 is 0 Å². The first-order valence-corrected chi connectivity index (χ1v) is 7.66. The number of aryl methyl sites for hydroxylation is 1. The molecule has 0 fully saturated rings. The molecule has 2 aromatic rings. The second-order valence-electron chi connectivity index (χ2n) is 4.65. The van der Waals surface area contributed by atoms with E-state index in [2.05, 4.69) is 16.8 Å². The lowest BCUT2D eigenvalue weighted by Crippen LogP contribution is -2.22. The Morgan fingerprint density at radius 2 is 2.00 bits per heavy atom. The highest BCUT2D eigenvalue weighted by atomic mass is 32.1. The highest BCUT2D eigenvalue weighted by Gasteiger charge is 2.04. The van der Waals surface area contributed by atoms with Crippen molar-refractivity contribution in [2.75, 3.05) is 0 Å². The van der Waals surface area contributed by atoms with Gasteiger partial charge in [0.05, 0.1) is 0 Å². The van der Waals surface area contributed by atoms with E-state index in [1.54, 1.807) is 29.5 Å². The smallest absolute Gasteiger partial charge is 0.220 e. The molecule has 0 aliphatic heterocycles. The normalized spacial score (nSPS) is 10.4. The maximum Gasteiger partial charge on any atom is 0.220 e. The van der Waals surface area contributed by atoms with Crippen LogP contribution in [0.4, 0.5) is 4.39 Å². The Labute approximate surface area is 122 Å². The van der Waals surface area contributed by atoms with Gasteiger partial charge in [-0.15, -0.1) is 11.3 Å². The van der Waals surface area contributed by atoms with Gasteiger partial charge in [0, 0.05) is 23.4 Å². The van der Waals surface area contributed by atoms with E-state index in [0.29, 0.717) is 12.0 Å². The maximum atomic E-state index is 13.4. The van der Waals surface area contributed by atoms with Gasteiger partial charge in [0.15, 0.2) is 0 Å². The SMILES string of the molecule is O=C(CCCCc1cccs1)NCc1ccccc1F. The van der Waals surface area contributed by atoms with Gasteiger partial charge < -0.3 is 5.32 Å². The van der Waals surface area contributed by atoms with Crippen molar-refractivity contribution in [1.29, 1.82) is 0 Å². The van der Waals surface area contributed by atoms with Gasteiger partial charge in [0.2, 0.25) is 5.91 Å². The van der Waals surface area contributed by atoms with Gasteiger partial charge in [-0.1, -0.05) is 24.3 Å². The molecule has 1 aromatic heterocycles. The third-order valence-electron chi connectivity index (χ3n) is 3.09. The lowest BCUT2D eigenvalue weighted by molar-refractivity contribution is -0.121. The van der Waals surface area contributed by atoms with Gasteiger partial charge in [-0.05, 0) is 36.8 Å². The number of hydrogen-bond donors (Lipinski definition) is 1. The summed E-state index contributed by atoms with van der Waals surface area (Å²) in [6.07, 6.45) is 3.40. The molecule has 0 bridgehead atoms. The van der Waals surface area contributed by atoms with Gasteiger partial charge in [0.25, 0.3) is 0 Å². The summed E-state index contributed by atoms with van der Waals surface area (Å²) in [4.78, 5) is 13.0. The minimum Gasteiger partial charge on any atom is -0.352 e. The predicted molar refractivity (Wildman–Crippen MR) is 80.1 cm³/mol. The van der Waals surface area contributed by atoms with Crippen molar-refractivity contribution in [1.82, 2.24) is 5.32 Å². The van der Waals surface area contributed by atoms with Crippen molar-refractivity contribution < 1.29 is 9.18 Å². The summed E-state index contributed by atoms with van der Waals surface area (Å²) in [6, 6.07) is 10.7. The number of hydrogen-bond acceptors (Lipinski definition) is 2. The number of benzene rings is 1. The molecule has 2 nitrogen and oxygen atoms in total. The lowest BCUT2D eigenvalue weighted by atomic mass is 10.1. The average molecular weight is 291 g/mol. The Hall–Kier alpha value is -1.68. The van der Waals surface area contributed by atoms with Gasteiger partial charge in [-0.3, -0.25) is 4.79 Å². The molecule has 1 aromatic carbocycles. The third kappa shape index (κ3) is 4.78. The molecule has 1 amide bonds. The van der Waals surface area contributed by atoms with Gasteiger partial charge in [-0.25, -0.2) is 4.39 Å². The Morgan fingerprint density at radius 1 is 1.15 bits per heavy atom. The van der Waals surface area contributed by atoms with Crippen LogP contribution in [0, 0.1) is 5.82 Å². The second-order valence-corrected chi connectivity index (χ2v) is 5.69. The van der Waals surface area contributed by atoms with Crippen LogP contribution in [-0.4, -0.2) is 5.91 Å². The monoisotopic (exact) mass is 291 g/mol. The van der Waals surface area contributed by atoms with E-state index in [4.69, 9.17) is 0 Å². The largest absolute Gasteiger partial charge is 0.352 e. The van der Waals surface area contributed by atoms with Crippen LogP contribution < -0.4 is 5.32 Å². The minimum absolute atomic E-state index is 0.0144. The fourth-order valence-corrected chi connectivity index (χ4v) is 2.71. The van der Waals surface area contributed by atoms with Crippen LogP contribution in [0.5, 0.6) is 0 Å². The summed E-state index contributed by atoms with van der Waals surface area (Å²) >= 11 is 1.75. The van der Waals surface area contributed by atoms with Crippen LogP contribution in [0.2, 0.25) is 0 Å². The number of rotatable bonds is 7. The fraction of sp³-hybridized carbons (Fsp3) is 0.312. The predicted octanol–water partition coefficient (Wildman–Crippen LogP) is 3.92. The highest BCUT2D eigenvalue weighted by molar-refractivity contribution is 7.09. The van der Waals surface area contributed by atoms with E-state index in [1.807, 2.05) is 6.07 Å². The van der Waals surface area contributed by atoms with E-state index in [9.17, 15) is 9.18 Å². The summed E-state index contributed by atoms with van der Waals surface area (Å²) < 4.78 is 13.4. The molecular formula is C16H18FNOS. The molecule has 0 aliphatic rings. The number of amides is 1. The number of thiophene rings is 1. The Bertz CT molecular complexity index is 539. The van der Waals surface area contributed by atoms with E-state index >= 15 is 0 Å². The number of nitrogens with one attached hydrogen (secondary N) is 1. The van der Waals surface area contributed by atoms with Crippen LogP contribution >= 0.6 is 11.3 Å². The quantitative estimate of drug-likeness (QED) is 0.770. The molecule has 0 atom stereocenters. The lowest BCUT2D eigenvalue weighted by Gasteiger charge is -2.06. The summed E-state index contributed by atoms with van der Waals surface area (Å²) in [7, 11) is 0. The van der Waals surface area contributed by atoms with Gasteiger partial charge >= 0.3 is 0 Å². The van der Waals surface area contributed by atoms with Crippen molar-refractivity contribution in [3.8, 4) is 0 Å². The van der Waals surface area contributed by atoms with Crippen molar-refractivity contribution in [2.24, 2.45) is 0 Å². The Balaban J connectivity index is 1.62. The first-order valence-electron chi connectivity index (χ1n) is 6.78. The fourth-order valence-electron chi connectivity index (χ4n) is 1.96. The van der Waals surface area contributed by atoms with Crippen molar-refractivity contribution >= 4 is 17.2 Å². The van der Waals surface area contributed by atoms with Crippen molar-refractivity contribution in [2.45, 2.75) is 32.2 Å². The number of halogens is 1. The molecule has 1 heterocycles. The maximum absolute atomic E-state index is 13.4. The molecule has 106 valence electrons. The van der Waals surface area contributed by atoms with Crippen LogP contribution in [0.1, 0.15) is 29.7 Å². The van der Waals surface area contributed by atoms with Crippen LogP contribution in [0.15, 0.2) is 41.8 Å². The van der Waals surface area contributed by atoms with E-state index in [1.165, 1.54) is 10.9 Å². The summed E-state index contributed by atoms with van der Waals surface area (Å²) in [5.41, 5.74) is 0.527. The zero-order valence-electron chi connectivity index (χ0n) is 11.3. The number of carbonyl (C=O) groups is 1. The molecule has 1 N–H and O–H groups in total. The molecule has 0 spiro atoms. The van der Waals surface area contributed by atoms with Crippen molar-refractivity contribution in [3.05, 3.63) is 58.0 Å². The highest BCUT2D eigenvalue weighted by Crippen LogP contribution is 2.12. The topological polar surface area (TPSA) is 29.1 Å². The first kappa shape index (κ1) is 14.7. The number of unbranched alkanes of at least 4 members (excludes halogenated alkanes) is 1. The zero-order valence-corrected chi connectivity index (χ0v) is 12.1. The van der Waals surface area contributed by atoms with Crippen LogP contribution in [0.3, 0.4) is 0 Å². The Kier molecular flexibility index (Phi) is 5.74. The first-order chi connectivity index (χ1) is 9.75. The average Bonchev–Trinajstić information content (AvgIpc) is 2.96. The van der Waals surface area contributed by atoms with Gasteiger partial charge in [-0.2, -0.15) is 0 Å². The summed E-state index contributed by atoms with van der Waals surface area (Å²) in [5, 5.41) is 4.82. The second kappa shape index (κ2) is 7.80. The minimum atomic E-state index is -0.273. The molecule has 20 heavy (non-hydrogen) atoms. The third-order valence-corrected chi connectivity index (χ3v) is 4.03. The van der Waals surface area contributed by atoms with E-state index in [0.717, 1.165) is 19.3 Å². The molecule has 0 saturated heterocycles. The molecule has 0 radical (unpaired) electrons. The molecule has 2 rings (SSSR count). The molecule has 0 aliphatic carbocycles.